The summed E-state index contributed by atoms with van der Waals surface area (Å²) in [6.07, 6.45) is 2.41. The first-order valence-electron chi connectivity index (χ1n) is 6.82. The van der Waals surface area contributed by atoms with Crippen molar-refractivity contribution >= 4 is 11.9 Å². The van der Waals surface area contributed by atoms with Crippen molar-refractivity contribution in [3.05, 3.63) is 0 Å². The second-order valence-electron chi connectivity index (χ2n) is 4.71. The standard InChI is InChI=1S/C14H26O4/c1-6-9-10-14(7-2,12(15)17-8-3)13(16)18-11(4)5/h11H,6-10H2,1-5H3. The van der Waals surface area contributed by atoms with Crippen LogP contribution in [-0.4, -0.2) is 24.6 Å². The Balaban J connectivity index is 5.07. The van der Waals surface area contributed by atoms with Crippen molar-refractivity contribution in [1.29, 1.82) is 0 Å². The third-order valence-electron chi connectivity index (χ3n) is 2.96. The lowest BCUT2D eigenvalue weighted by Crippen LogP contribution is -2.42. The first-order chi connectivity index (χ1) is 8.44. The molecule has 0 spiro atoms. The molecule has 0 radical (unpaired) electrons. The molecule has 4 heteroatoms. The minimum absolute atomic E-state index is 0.223. The van der Waals surface area contributed by atoms with Gasteiger partial charge in [0, 0.05) is 0 Å². The van der Waals surface area contributed by atoms with Crippen LogP contribution in [0.25, 0.3) is 0 Å². The number of esters is 2. The fourth-order valence-corrected chi connectivity index (χ4v) is 1.83. The molecule has 0 bridgehead atoms. The average molecular weight is 258 g/mol. The monoisotopic (exact) mass is 258 g/mol. The molecular formula is C14H26O4. The summed E-state index contributed by atoms with van der Waals surface area (Å²) in [5.74, 6) is -0.904. The van der Waals surface area contributed by atoms with E-state index in [-0.39, 0.29) is 12.7 Å². The second kappa shape index (κ2) is 8.11. The number of hydrogen-bond donors (Lipinski definition) is 0. The van der Waals surface area contributed by atoms with E-state index in [1.165, 1.54) is 0 Å². The minimum Gasteiger partial charge on any atom is -0.465 e. The number of ether oxygens (including phenoxy) is 2. The molecule has 0 saturated heterocycles. The smallest absolute Gasteiger partial charge is 0.323 e. The van der Waals surface area contributed by atoms with E-state index in [9.17, 15) is 9.59 Å². The maximum absolute atomic E-state index is 12.2. The molecule has 0 aliphatic heterocycles. The van der Waals surface area contributed by atoms with Gasteiger partial charge in [-0.25, -0.2) is 0 Å². The molecule has 106 valence electrons. The Morgan fingerprint density at radius 1 is 1.11 bits per heavy atom. The molecule has 0 saturated carbocycles. The Labute approximate surface area is 110 Å². The van der Waals surface area contributed by atoms with Gasteiger partial charge >= 0.3 is 11.9 Å². The van der Waals surface area contributed by atoms with Crippen LogP contribution in [-0.2, 0) is 19.1 Å². The summed E-state index contributed by atoms with van der Waals surface area (Å²) < 4.78 is 10.3. The second-order valence-corrected chi connectivity index (χ2v) is 4.71. The van der Waals surface area contributed by atoms with Crippen molar-refractivity contribution in [1.82, 2.24) is 0 Å². The molecule has 0 amide bonds. The summed E-state index contributed by atoms with van der Waals surface area (Å²) >= 11 is 0. The Morgan fingerprint density at radius 2 is 1.72 bits per heavy atom. The van der Waals surface area contributed by atoms with Crippen LogP contribution in [0, 0.1) is 5.41 Å². The first kappa shape index (κ1) is 16.9. The fourth-order valence-electron chi connectivity index (χ4n) is 1.83. The van der Waals surface area contributed by atoms with E-state index in [0.29, 0.717) is 12.8 Å². The average Bonchev–Trinajstić information content (AvgIpc) is 2.30. The van der Waals surface area contributed by atoms with Crippen molar-refractivity contribution in [3.8, 4) is 0 Å². The van der Waals surface area contributed by atoms with Gasteiger partial charge in [0.05, 0.1) is 12.7 Å². The van der Waals surface area contributed by atoms with E-state index in [1.54, 1.807) is 20.8 Å². The highest BCUT2D eigenvalue weighted by atomic mass is 16.6. The number of carbonyl (C=O) groups excluding carboxylic acids is 2. The Kier molecular flexibility index (Phi) is 7.64. The van der Waals surface area contributed by atoms with Crippen molar-refractivity contribution in [2.24, 2.45) is 5.41 Å². The van der Waals surface area contributed by atoms with Gasteiger partial charge in [0.25, 0.3) is 0 Å². The minimum atomic E-state index is -1.13. The van der Waals surface area contributed by atoms with Crippen LogP contribution in [0.3, 0.4) is 0 Å². The molecule has 0 aromatic rings. The topological polar surface area (TPSA) is 52.6 Å². The molecule has 0 rings (SSSR count). The molecule has 18 heavy (non-hydrogen) atoms. The summed E-state index contributed by atoms with van der Waals surface area (Å²) in [5, 5.41) is 0. The van der Waals surface area contributed by atoms with Crippen LogP contribution in [0.5, 0.6) is 0 Å². The summed E-state index contributed by atoms with van der Waals surface area (Å²) in [4.78, 5) is 24.3. The van der Waals surface area contributed by atoms with Gasteiger partial charge in [-0.2, -0.15) is 0 Å². The molecule has 0 heterocycles. The molecule has 1 atom stereocenters. The summed E-state index contributed by atoms with van der Waals surface area (Å²) in [7, 11) is 0. The summed E-state index contributed by atoms with van der Waals surface area (Å²) in [6, 6.07) is 0. The molecule has 0 aliphatic rings. The molecule has 1 unspecified atom stereocenters. The van der Waals surface area contributed by atoms with Gasteiger partial charge < -0.3 is 9.47 Å². The zero-order chi connectivity index (χ0) is 14.2. The highest BCUT2D eigenvalue weighted by Gasteiger charge is 2.46. The van der Waals surface area contributed by atoms with Gasteiger partial charge in [-0.1, -0.05) is 26.7 Å². The fraction of sp³-hybridized carbons (Fsp3) is 0.857. The normalized spacial score (nSPS) is 14.1. The van der Waals surface area contributed by atoms with E-state index in [0.717, 1.165) is 12.8 Å². The Morgan fingerprint density at radius 3 is 2.11 bits per heavy atom. The van der Waals surface area contributed by atoms with Crippen LogP contribution >= 0.6 is 0 Å². The molecule has 0 N–H and O–H groups in total. The molecular weight excluding hydrogens is 232 g/mol. The Bertz CT molecular complexity index is 273. The maximum atomic E-state index is 12.2. The third-order valence-corrected chi connectivity index (χ3v) is 2.96. The molecule has 0 aliphatic carbocycles. The van der Waals surface area contributed by atoms with Crippen LogP contribution in [0.15, 0.2) is 0 Å². The van der Waals surface area contributed by atoms with E-state index in [1.807, 2.05) is 13.8 Å². The molecule has 4 nitrogen and oxygen atoms in total. The number of carbonyl (C=O) groups is 2. The van der Waals surface area contributed by atoms with Gasteiger partial charge in [-0.15, -0.1) is 0 Å². The van der Waals surface area contributed by atoms with E-state index >= 15 is 0 Å². The molecule has 0 aromatic carbocycles. The largest absolute Gasteiger partial charge is 0.465 e. The van der Waals surface area contributed by atoms with Crippen LogP contribution in [0.1, 0.15) is 60.3 Å². The van der Waals surface area contributed by atoms with Gasteiger partial charge in [0.15, 0.2) is 5.41 Å². The van der Waals surface area contributed by atoms with Crippen molar-refractivity contribution < 1.29 is 19.1 Å². The first-order valence-corrected chi connectivity index (χ1v) is 6.82. The van der Waals surface area contributed by atoms with Crippen LogP contribution in [0.2, 0.25) is 0 Å². The summed E-state index contributed by atoms with van der Waals surface area (Å²) in [5.41, 5.74) is -1.13. The van der Waals surface area contributed by atoms with E-state index < -0.39 is 17.4 Å². The predicted molar refractivity (Wildman–Crippen MR) is 70.1 cm³/mol. The van der Waals surface area contributed by atoms with Gasteiger partial charge in [-0.05, 0) is 33.6 Å². The maximum Gasteiger partial charge on any atom is 0.323 e. The zero-order valence-corrected chi connectivity index (χ0v) is 12.2. The lowest BCUT2D eigenvalue weighted by Gasteiger charge is -2.28. The third kappa shape index (κ3) is 4.31. The van der Waals surface area contributed by atoms with E-state index in [2.05, 4.69) is 0 Å². The SMILES string of the molecule is CCCCC(CC)(C(=O)OCC)C(=O)OC(C)C. The molecule has 0 aromatic heterocycles. The highest BCUT2D eigenvalue weighted by molar-refractivity contribution is 6.00. The van der Waals surface area contributed by atoms with Crippen molar-refractivity contribution in [2.75, 3.05) is 6.61 Å². The predicted octanol–water partition coefficient (Wildman–Crippen LogP) is 3.09. The summed E-state index contributed by atoms with van der Waals surface area (Å²) in [6.45, 7) is 9.44. The molecule has 0 fully saturated rings. The lowest BCUT2D eigenvalue weighted by atomic mass is 9.80. The van der Waals surface area contributed by atoms with Gasteiger partial charge in [0.2, 0.25) is 0 Å². The zero-order valence-electron chi connectivity index (χ0n) is 12.2. The number of rotatable bonds is 8. The van der Waals surface area contributed by atoms with Gasteiger partial charge in [-0.3, -0.25) is 9.59 Å². The number of unbranched alkanes of at least 4 members (excludes halogenated alkanes) is 1. The van der Waals surface area contributed by atoms with Crippen molar-refractivity contribution in [3.63, 3.8) is 0 Å². The van der Waals surface area contributed by atoms with Gasteiger partial charge in [0.1, 0.15) is 0 Å². The van der Waals surface area contributed by atoms with Crippen LogP contribution in [0.4, 0.5) is 0 Å². The van der Waals surface area contributed by atoms with Crippen LogP contribution < -0.4 is 0 Å². The quantitative estimate of drug-likeness (QED) is 0.496. The van der Waals surface area contributed by atoms with Crippen molar-refractivity contribution in [2.45, 2.75) is 66.4 Å². The van der Waals surface area contributed by atoms with E-state index in [4.69, 9.17) is 9.47 Å². The highest BCUT2D eigenvalue weighted by Crippen LogP contribution is 2.32. The Hall–Kier alpha value is -1.06. The lowest BCUT2D eigenvalue weighted by molar-refractivity contribution is -0.175. The number of hydrogen-bond acceptors (Lipinski definition) is 4.